The summed E-state index contributed by atoms with van der Waals surface area (Å²) in [5, 5.41) is 4.02. The Morgan fingerprint density at radius 2 is 1.86 bits per heavy atom. The Balaban J connectivity index is 1.86. The second-order valence-electron chi connectivity index (χ2n) is 4.52. The largest absolute Gasteiger partial charge is 0.398 e. The van der Waals surface area contributed by atoms with Crippen molar-refractivity contribution in [3.63, 3.8) is 0 Å². The quantitative estimate of drug-likeness (QED) is 0.650. The first-order chi connectivity index (χ1) is 10.1. The van der Waals surface area contributed by atoms with Crippen LogP contribution in [0.3, 0.4) is 0 Å². The molecule has 3 rings (SSSR count). The normalized spacial score (nSPS) is 10.8. The van der Waals surface area contributed by atoms with E-state index in [0.29, 0.717) is 23.8 Å². The summed E-state index contributed by atoms with van der Waals surface area (Å²) in [7, 11) is 0. The molecule has 0 aliphatic carbocycles. The molecule has 106 valence electrons. The third-order valence-electron chi connectivity index (χ3n) is 3.02. The number of halogens is 2. The second kappa shape index (κ2) is 5.99. The molecule has 4 nitrogen and oxygen atoms in total. The van der Waals surface area contributed by atoms with Gasteiger partial charge in [-0.2, -0.15) is 4.98 Å². The number of benzene rings is 2. The Kier molecular flexibility index (Phi) is 4.07. The number of nitrogens with two attached hydrogens (primary N) is 1. The van der Waals surface area contributed by atoms with Gasteiger partial charge in [0.25, 0.3) is 5.89 Å². The lowest BCUT2D eigenvalue weighted by Crippen LogP contribution is -1.92. The van der Waals surface area contributed by atoms with Gasteiger partial charge in [-0.3, -0.25) is 0 Å². The van der Waals surface area contributed by atoms with E-state index >= 15 is 0 Å². The fraction of sp³-hybridized carbons (Fsp3) is 0.0667. The van der Waals surface area contributed by atoms with Crippen LogP contribution in [0.15, 0.2) is 55.9 Å². The van der Waals surface area contributed by atoms with Crippen LogP contribution in [0.1, 0.15) is 11.4 Å². The van der Waals surface area contributed by atoms with Crippen molar-refractivity contribution in [2.75, 3.05) is 5.73 Å². The number of nitrogen functional groups attached to an aromatic ring is 1. The highest BCUT2D eigenvalue weighted by molar-refractivity contribution is 9.10. The molecule has 0 aliphatic heterocycles. The first-order valence-corrected chi connectivity index (χ1v) is 7.83. The predicted molar refractivity (Wildman–Crippen MR) is 88.8 cm³/mol. The standard InChI is InChI=1S/C15H11Br2N3O/c16-11-4-2-1-3-9(11)8-14-19-15(21-20-14)10-5-6-12(17)13(18)7-10/h1-7H,8,18H2. The summed E-state index contributed by atoms with van der Waals surface area (Å²) >= 11 is 6.88. The van der Waals surface area contributed by atoms with Crippen molar-refractivity contribution in [3.05, 3.63) is 62.8 Å². The molecular formula is C15H11Br2N3O. The lowest BCUT2D eigenvalue weighted by atomic mass is 10.1. The van der Waals surface area contributed by atoms with Crippen LogP contribution in [0.5, 0.6) is 0 Å². The average Bonchev–Trinajstić information content (AvgIpc) is 2.93. The van der Waals surface area contributed by atoms with E-state index in [1.54, 1.807) is 6.07 Å². The molecule has 1 heterocycles. The molecule has 0 spiro atoms. The van der Waals surface area contributed by atoms with Crippen LogP contribution >= 0.6 is 31.9 Å². The highest BCUT2D eigenvalue weighted by Gasteiger charge is 2.11. The van der Waals surface area contributed by atoms with Crippen LogP contribution in [0, 0.1) is 0 Å². The first-order valence-electron chi connectivity index (χ1n) is 6.25. The zero-order chi connectivity index (χ0) is 14.8. The molecule has 0 amide bonds. The minimum Gasteiger partial charge on any atom is -0.398 e. The Labute approximate surface area is 138 Å². The Hall–Kier alpha value is -1.66. The molecular weight excluding hydrogens is 398 g/mol. The van der Waals surface area contributed by atoms with Gasteiger partial charge in [0.15, 0.2) is 5.82 Å². The van der Waals surface area contributed by atoms with E-state index in [2.05, 4.69) is 42.0 Å². The van der Waals surface area contributed by atoms with E-state index in [-0.39, 0.29) is 0 Å². The summed E-state index contributed by atoms with van der Waals surface area (Å²) in [6.07, 6.45) is 0.608. The van der Waals surface area contributed by atoms with E-state index in [1.165, 1.54) is 0 Å². The lowest BCUT2D eigenvalue weighted by Gasteiger charge is -2.00. The van der Waals surface area contributed by atoms with Gasteiger partial charge in [-0.05, 0) is 45.8 Å². The van der Waals surface area contributed by atoms with Crippen LogP contribution in [-0.4, -0.2) is 10.1 Å². The number of hydrogen-bond donors (Lipinski definition) is 1. The second-order valence-corrected chi connectivity index (χ2v) is 6.23. The number of hydrogen-bond acceptors (Lipinski definition) is 4. The summed E-state index contributed by atoms with van der Waals surface area (Å²) in [5.74, 6) is 1.11. The molecule has 6 heteroatoms. The fourth-order valence-corrected chi connectivity index (χ4v) is 2.60. The van der Waals surface area contributed by atoms with Gasteiger partial charge >= 0.3 is 0 Å². The van der Waals surface area contributed by atoms with Gasteiger partial charge in [0, 0.05) is 26.6 Å². The number of aromatic nitrogens is 2. The van der Waals surface area contributed by atoms with Crippen LogP contribution in [0.2, 0.25) is 0 Å². The van der Waals surface area contributed by atoms with Crippen molar-refractivity contribution in [1.29, 1.82) is 0 Å². The predicted octanol–water partition coefficient (Wildman–Crippen LogP) is 4.43. The van der Waals surface area contributed by atoms with Crippen LogP contribution in [0.25, 0.3) is 11.5 Å². The molecule has 2 N–H and O–H groups in total. The highest BCUT2D eigenvalue weighted by atomic mass is 79.9. The molecule has 0 atom stereocenters. The van der Waals surface area contributed by atoms with E-state index in [0.717, 1.165) is 20.1 Å². The summed E-state index contributed by atoms with van der Waals surface area (Å²) < 4.78 is 7.19. The monoisotopic (exact) mass is 407 g/mol. The first kappa shape index (κ1) is 14.3. The van der Waals surface area contributed by atoms with Gasteiger partial charge in [-0.1, -0.05) is 39.3 Å². The SMILES string of the molecule is Nc1cc(-c2nc(Cc3ccccc3Br)no2)ccc1Br. The molecule has 3 aromatic rings. The summed E-state index contributed by atoms with van der Waals surface area (Å²) in [5.41, 5.74) is 8.42. The minimum absolute atomic E-state index is 0.469. The van der Waals surface area contributed by atoms with Crippen molar-refractivity contribution in [2.45, 2.75) is 6.42 Å². The fourth-order valence-electron chi connectivity index (χ4n) is 1.93. The maximum atomic E-state index is 5.87. The molecule has 0 saturated carbocycles. The molecule has 0 saturated heterocycles. The molecule has 21 heavy (non-hydrogen) atoms. The lowest BCUT2D eigenvalue weighted by molar-refractivity contribution is 0.424. The molecule has 2 aromatic carbocycles. The van der Waals surface area contributed by atoms with Crippen molar-refractivity contribution in [1.82, 2.24) is 10.1 Å². The maximum Gasteiger partial charge on any atom is 0.258 e. The van der Waals surface area contributed by atoms with Gasteiger partial charge in [-0.15, -0.1) is 0 Å². The van der Waals surface area contributed by atoms with Crippen molar-refractivity contribution in [3.8, 4) is 11.5 Å². The Morgan fingerprint density at radius 3 is 2.62 bits per heavy atom. The molecule has 1 aromatic heterocycles. The molecule has 0 bridgehead atoms. The highest BCUT2D eigenvalue weighted by Crippen LogP contribution is 2.26. The third-order valence-corrected chi connectivity index (χ3v) is 4.51. The van der Waals surface area contributed by atoms with E-state index < -0.39 is 0 Å². The maximum absolute atomic E-state index is 5.87. The number of anilines is 1. The Bertz CT molecular complexity index is 786. The zero-order valence-corrected chi connectivity index (χ0v) is 14.1. The zero-order valence-electron chi connectivity index (χ0n) is 10.9. The third kappa shape index (κ3) is 3.16. The van der Waals surface area contributed by atoms with Crippen molar-refractivity contribution in [2.24, 2.45) is 0 Å². The van der Waals surface area contributed by atoms with Gasteiger partial charge in [0.05, 0.1) is 0 Å². The van der Waals surface area contributed by atoms with Crippen LogP contribution in [-0.2, 0) is 6.42 Å². The summed E-state index contributed by atoms with van der Waals surface area (Å²) in [4.78, 5) is 4.42. The average molecular weight is 409 g/mol. The summed E-state index contributed by atoms with van der Waals surface area (Å²) in [6, 6.07) is 13.5. The Morgan fingerprint density at radius 1 is 1.05 bits per heavy atom. The molecule has 0 aliphatic rings. The molecule has 0 unspecified atom stereocenters. The molecule has 0 radical (unpaired) electrons. The number of nitrogens with zero attached hydrogens (tertiary/aromatic N) is 2. The smallest absolute Gasteiger partial charge is 0.258 e. The van der Waals surface area contributed by atoms with Crippen molar-refractivity contribution < 1.29 is 4.52 Å². The van der Waals surface area contributed by atoms with E-state index in [4.69, 9.17) is 10.3 Å². The number of rotatable bonds is 3. The van der Waals surface area contributed by atoms with Gasteiger partial charge in [0.2, 0.25) is 0 Å². The van der Waals surface area contributed by atoms with Gasteiger partial charge in [-0.25, -0.2) is 0 Å². The molecule has 0 fully saturated rings. The topological polar surface area (TPSA) is 64.9 Å². The van der Waals surface area contributed by atoms with Gasteiger partial charge < -0.3 is 10.3 Å². The minimum atomic E-state index is 0.469. The van der Waals surface area contributed by atoms with E-state index in [1.807, 2.05) is 36.4 Å². The van der Waals surface area contributed by atoms with Crippen LogP contribution < -0.4 is 5.73 Å². The van der Waals surface area contributed by atoms with Gasteiger partial charge in [0.1, 0.15) is 0 Å². The van der Waals surface area contributed by atoms with Crippen LogP contribution in [0.4, 0.5) is 5.69 Å². The van der Waals surface area contributed by atoms with E-state index in [9.17, 15) is 0 Å². The van der Waals surface area contributed by atoms with Crippen molar-refractivity contribution >= 4 is 37.5 Å². The summed E-state index contributed by atoms with van der Waals surface area (Å²) in [6.45, 7) is 0.